The number of allylic oxidation sites excluding steroid dienone is 2. The van der Waals surface area contributed by atoms with E-state index in [2.05, 4.69) is 29.7 Å². The van der Waals surface area contributed by atoms with Crippen LogP contribution in [0.3, 0.4) is 0 Å². The molecule has 2 amide bonds. The number of anilines is 1. The third kappa shape index (κ3) is 11.7. The highest BCUT2D eigenvalue weighted by molar-refractivity contribution is 5.89. The minimum Gasteiger partial charge on any atom is -0.481 e. The number of rotatable bonds is 10. The van der Waals surface area contributed by atoms with E-state index in [1.807, 2.05) is 13.8 Å². The lowest BCUT2D eigenvalue weighted by atomic mass is 10.2. The third-order valence-electron chi connectivity index (χ3n) is 6.31. The molecule has 220 valence electrons. The zero-order chi connectivity index (χ0) is 29.6. The van der Waals surface area contributed by atoms with Crippen molar-refractivity contribution in [2.75, 3.05) is 25.5 Å². The van der Waals surface area contributed by atoms with Crippen molar-refractivity contribution < 1.29 is 37.1 Å². The standard InChI is InChI=1S/C15H17F4N3O2.C11H18O2.C2H6/c1-20-14(24)12-3-2-4-22(12)13(23)8-21-11-6-9(15(17,18)19)5-10(16)7-11;1-2-3-4-5-6-7-9-8-10(9)11(12)13;1-2/h5-7,12,21H,2-4,8H2,1H3,(H,20,24);6-7,9-10H,2-5,8H2,1H3,(H,12,13);1-2H3/b;7-6-;/t;9?,10-;/m.0./s1. The fourth-order valence-corrected chi connectivity index (χ4v) is 4.13. The number of benzene rings is 1. The van der Waals surface area contributed by atoms with Gasteiger partial charge in [0.05, 0.1) is 18.0 Å². The van der Waals surface area contributed by atoms with E-state index >= 15 is 0 Å². The second-order valence-corrected chi connectivity index (χ2v) is 9.21. The second-order valence-electron chi connectivity index (χ2n) is 9.21. The lowest BCUT2D eigenvalue weighted by Crippen LogP contribution is -2.46. The Morgan fingerprint density at radius 1 is 1.15 bits per heavy atom. The summed E-state index contributed by atoms with van der Waals surface area (Å²) in [5.41, 5.74) is -1.28. The summed E-state index contributed by atoms with van der Waals surface area (Å²) in [5.74, 6) is -2.15. The summed E-state index contributed by atoms with van der Waals surface area (Å²) in [7, 11) is 1.47. The quantitative estimate of drug-likeness (QED) is 0.189. The first-order chi connectivity index (χ1) is 18.5. The molecule has 3 rings (SSSR count). The number of hydrogen-bond donors (Lipinski definition) is 3. The van der Waals surface area contributed by atoms with E-state index in [1.165, 1.54) is 31.2 Å². The number of carboxylic acids is 1. The second kappa shape index (κ2) is 16.8. The van der Waals surface area contributed by atoms with Crippen molar-refractivity contribution in [3.63, 3.8) is 0 Å². The summed E-state index contributed by atoms with van der Waals surface area (Å²) < 4.78 is 51.3. The minimum atomic E-state index is -4.68. The van der Waals surface area contributed by atoms with Gasteiger partial charge in [-0.15, -0.1) is 0 Å². The monoisotopic (exact) mass is 559 g/mol. The van der Waals surface area contributed by atoms with Crippen LogP contribution >= 0.6 is 0 Å². The van der Waals surface area contributed by atoms with Gasteiger partial charge in [-0.2, -0.15) is 13.2 Å². The van der Waals surface area contributed by atoms with Crippen LogP contribution in [0.15, 0.2) is 30.4 Å². The Morgan fingerprint density at radius 2 is 1.85 bits per heavy atom. The van der Waals surface area contributed by atoms with Crippen molar-refractivity contribution in [1.82, 2.24) is 10.2 Å². The summed E-state index contributed by atoms with van der Waals surface area (Å²) >= 11 is 0. The molecule has 0 aromatic heterocycles. The molecule has 1 saturated carbocycles. The Bertz CT molecular complexity index is 969. The number of carboxylic acid groups (broad SMARTS) is 1. The predicted octanol–water partition coefficient (Wildman–Crippen LogP) is 5.86. The van der Waals surface area contributed by atoms with Crippen molar-refractivity contribution in [1.29, 1.82) is 0 Å². The molecule has 1 heterocycles. The highest BCUT2D eigenvalue weighted by Crippen LogP contribution is 2.39. The van der Waals surface area contributed by atoms with E-state index < -0.39 is 35.5 Å². The van der Waals surface area contributed by atoms with Gasteiger partial charge in [0.1, 0.15) is 11.9 Å². The van der Waals surface area contributed by atoms with Crippen molar-refractivity contribution in [2.24, 2.45) is 11.8 Å². The molecule has 0 bridgehead atoms. The molecular weight excluding hydrogens is 518 g/mol. The molecule has 1 aliphatic heterocycles. The molecular formula is C28H41F4N3O4. The van der Waals surface area contributed by atoms with Crippen LogP contribution in [0.1, 0.15) is 71.3 Å². The molecule has 7 nitrogen and oxygen atoms in total. The van der Waals surface area contributed by atoms with Crippen LogP contribution < -0.4 is 10.6 Å². The first-order valence-electron chi connectivity index (χ1n) is 13.5. The number of carbonyl (C=O) groups excluding carboxylic acids is 2. The Morgan fingerprint density at radius 3 is 2.41 bits per heavy atom. The average Bonchev–Trinajstić information content (AvgIpc) is 3.52. The lowest BCUT2D eigenvalue weighted by Gasteiger charge is -2.23. The number of aliphatic carboxylic acids is 1. The molecule has 39 heavy (non-hydrogen) atoms. The number of nitrogens with zero attached hydrogens (tertiary/aromatic N) is 1. The zero-order valence-electron chi connectivity index (χ0n) is 23.1. The largest absolute Gasteiger partial charge is 0.481 e. The molecule has 11 heteroatoms. The SMILES string of the molecule is CC.CCCCC/C=C\C1C[C@@H]1C(=O)O.CNC(=O)C1CCCN1C(=O)CNc1cc(F)cc(C(F)(F)F)c1. The Labute approximate surface area is 228 Å². The average molecular weight is 560 g/mol. The van der Waals surface area contributed by atoms with Gasteiger partial charge in [-0.05, 0) is 56.2 Å². The summed E-state index contributed by atoms with van der Waals surface area (Å²) in [6, 6.07) is 1.41. The molecule has 1 aromatic carbocycles. The van der Waals surface area contributed by atoms with Crippen LogP contribution in [0.2, 0.25) is 0 Å². The van der Waals surface area contributed by atoms with Gasteiger partial charge in [0, 0.05) is 19.3 Å². The number of halogens is 4. The van der Waals surface area contributed by atoms with E-state index in [-0.39, 0.29) is 24.1 Å². The first kappa shape index (κ1) is 33.9. The van der Waals surface area contributed by atoms with E-state index in [0.717, 1.165) is 25.0 Å². The number of hydrogen-bond acceptors (Lipinski definition) is 4. The van der Waals surface area contributed by atoms with Crippen LogP contribution in [0.5, 0.6) is 0 Å². The van der Waals surface area contributed by atoms with E-state index in [9.17, 15) is 31.9 Å². The van der Waals surface area contributed by atoms with Gasteiger partial charge < -0.3 is 20.6 Å². The molecule has 1 saturated heterocycles. The maximum Gasteiger partial charge on any atom is 0.416 e. The highest BCUT2D eigenvalue weighted by Gasteiger charge is 2.41. The van der Waals surface area contributed by atoms with Gasteiger partial charge in [0.15, 0.2) is 0 Å². The van der Waals surface area contributed by atoms with Crippen LogP contribution in [0, 0.1) is 17.7 Å². The molecule has 3 atom stereocenters. The lowest BCUT2D eigenvalue weighted by molar-refractivity contribution is -0.139. The molecule has 3 N–H and O–H groups in total. The van der Waals surface area contributed by atoms with E-state index in [4.69, 9.17) is 5.11 Å². The molecule has 2 unspecified atom stereocenters. The van der Waals surface area contributed by atoms with Gasteiger partial charge in [-0.1, -0.05) is 45.8 Å². The maximum atomic E-state index is 13.3. The summed E-state index contributed by atoms with van der Waals surface area (Å²) in [6.45, 7) is 6.26. The third-order valence-corrected chi connectivity index (χ3v) is 6.31. The number of likely N-dealkylation sites (N-methyl/N-ethyl adjacent to an activating group) is 1. The molecule has 1 aromatic rings. The van der Waals surface area contributed by atoms with Gasteiger partial charge >= 0.3 is 12.1 Å². The first-order valence-corrected chi connectivity index (χ1v) is 13.5. The Hall–Kier alpha value is -3.11. The molecule has 2 aliphatic rings. The van der Waals surface area contributed by atoms with Gasteiger partial charge in [0.2, 0.25) is 11.8 Å². The van der Waals surface area contributed by atoms with Crippen molar-refractivity contribution in [2.45, 2.75) is 77.9 Å². The van der Waals surface area contributed by atoms with Crippen LogP contribution in [-0.2, 0) is 20.6 Å². The van der Waals surface area contributed by atoms with Crippen molar-refractivity contribution in [3.8, 4) is 0 Å². The Balaban J connectivity index is 0.000000428. The molecule has 2 fully saturated rings. The fourth-order valence-electron chi connectivity index (χ4n) is 4.13. The number of alkyl halides is 3. The van der Waals surface area contributed by atoms with Crippen LogP contribution in [-0.4, -0.2) is 54.0 Å². The van der Waals surface area contributed by atoms with Crippen molar-refractivity contribution >= 4 is 23.5 Å². The Kier molecular flexibility index (Phi) is 14.6. The zero-order valence-corrected chi connectivity index (χ0v) is 23.1. The van der Waals surface area contributed by atoms with Crippen LogP contribution in [0.4, 0.5) is 23.2 Å². The minimum absolute atomic E-state index is 0.0811. The van der Waals surface area contributed by atoms with Gasteiger partial charge in [0.25, 0.3) is 0 Å². The van der Waals surface area contributed by atoms with Crippen LogP contribution in [0.25, 0.3) is 0 Å². The predicted molar refractivity (Wildman–Crippen MR) is 143 cm³/mol. The number of unbranched alkanes of at least 4 members (excludes halogenated alkanes) is 3. The van der Waals surface area contributed by atoms with E-state index in [0.29, 0.717) is 31.4 Å². The summed E-state index contributed by atoms with van der Waals surface area (Å²) in [5, 5.41) is 13.6. The number of likely N-dealkylation sites (tertiary alicyclic amines) is 1. The topological polar surface area (TPSA) is 98.7 Å². The smallest absolute Gasteiger partial charge is 0.416 e. The fraction of sp³-hybridized carbons (Fsp3) is 0.607. The maximum absolute atomic E-state index is 13.3. The van der Waals surface area contributed by atoms with Gasteiger partial charge in [-0.3, -0.25) is 14.4 Å². The van der Waals surface area contributed by atoms with E-state index in [1.54, 1.807) is 0 Å². The van der Waals surface area contributed by atoms with Gasteiger partial charge in [-0.25, -0.2) is 4.39 Å². The summed E-state index contributed by atoms with van der Waals surface area (Å²) in [4.78, 5) is 35.7. The molecule has 1 aliphatic carbocycles. The number of amides is 2. The highest BCUT2D eigenvalue weighted by atomic mass is 19.4. The van der Waals surface area contributed by atoms with Crippen molar-refractivity contribution in [3.05, 3.63) is 41.7 Å². The number of carbonyl (C=O) groups is 3. The number of nitrogens with one attached hydrogen (secondary N) is 2. The normalized spacial score (nSPS) is 19.9. The molecule has 0 spiro atoms. The summed E-state index contributed by atoms with van der Waals surface area (Å²) in [6.07, 6.45) is 6.45. The molecule has 0 radical (unpaired) electrons.